The van der Waals surface area contributed by atoms with Gasteiger partial charge in [-0.3, -0.25) is 9.59 Å². The molecule has 8 heteroatoms. The van der Waals surface area contributed by atoms with Crippen LogP contribution in [0.3, 0.4) is 0 Å². The largest absolute Gasteiger partial charge is 0.355 e. The Hall–Kier alpha value is -1.93. The Bertz CT molecular complexity index is 628. The molecule has 1 aromatic rings. The molecule has 2 amide bonds. The number of amides is 2. The van der Waals surface area contributed by atoms with Gasteiger partial charge in [-0.2, -0.15) is 0 Å². The Morgan fingerprint density at radius 3 is 2.48 bits per heavy atom. The number of nitrogens with two attached hydrogens (primary N) is 1. The van der Waals surface area contributed by atoms with Gasteiger partial charge in [-0.25, -0.2) is 8.42 Å². The van der Waals surface area contributed by atoms with Gasteiger partial charge in [-0.1, -0.05) is 12.1 Å². The van der Waals surface area contributed by atoms with Crippen LogP contribution in [0.2, 0.25) is 0 Å². The number of hydrogen-bond acceptors (Lipinski definition) is 5. The van der Waals surface area contributed by atoms with Crippen LogP contribution >= 0.6 is 0 Å². The van der Waals surface area contributed by atoms with Gasteiger partial charge in [0.05, 0.1) is 23.0 Å². The molecule has 0 heterocycles. The molecule has 0 fully saturated rings. The first kappa shape index (κ1) is 17.1. The van der Waals surface area contributed by atoms with E-state index in [1.807, 2.05) is 0 Å². The summed E-state index contributed by atoms with van der Waals surface area (Å²) in [5.74, 6) is -1.04. The van der Waals surface area contributed by atoms with Crippen molar-refractivity contribution in [3.05, 3.63) is 29.8 Å². The molecule has 1 unspecified atom stereocenters. The van der Waals surface area contributed by atoms with Gasteiger partial charge in [0.2, 0.25) is 5.91 Å². The van der Waals surface area contributed by atoms with E-state index in [4.69, 9.17) is 5.73 Å². The number of hydrogen-bond donors (Lipinski definition) is 3. The Kier molecular flexibility index (Phi) is 5.86. The predicted octanol–water partition coefficient (Wildman–Crippen LogP) is -0.253. The zero-order chi connectivity index (χ0) is 16.0. The molecule has 0 aliphatic heterocycles. The number of rotatable bonds is 6. The molecule has 1 aromatic carbocycles. The Labute approximate surface area is 123 Å². The summed E-state index contributed by atoms with van der Waals surface area (Å²) in [6.07, 6.45) is 1.10. The second kappa shape index (κ2) is 7.19. The first-order chi connectivity index (χ1) is 9.74. The summed E-state index contributed by atoms with van der Waals surface area (Å²) in [6.45, 7) is 0. The first-order valence-corrected chi connectivity index (χ1v) is 8.36. The molecule has 0 aromatic heterocycles. The molecule has 0 spiro atoms. The molecule has 116 valence electrons. The fourth-order valence-electron chi connectivity index (χ4n) is 1.62. The number of carbonyl (C=O) groups is 2. The lowest BCUT2D eigenvalue weighted by molar-refractivity contribution is -0.117. The van der Waals surface area contributed by atoms with Crippen molar-refractivity contribution in [3.63, 3.8) is 0 Å². The van der Waals surface area contributed by atoms with Crippen LogP contribution in [-0.4, -0.2) is 45.3 Å². The van der Waals surface area contributed by atoms with Gasteiger partial charge in [0.15, 0.2) is 0 Å². The minimum atomic E-state index is -3.18. The maximum absolute atomic E-state index is 11.9. The van der Waals surface area contributed by atoms with Crippen molar-refractivity contribution < 1.29 is 18.0 Å². The molecule has 0 saturated heterocycles. The van der Waals surface area contributed by atoms with Gasteiger partial charge in [0.1, 0.15) is 9.84 Å². The van der Waals surface area contributed by atoms with Crippen LogP contribution in [0.1, 0.15) is 16.8 Å². The number of nitrogens with one attached hydrogen (secondary N) is 2. The van der Waals surface area contributed by atoms with Crippen molar-refractivity contribution in [2.45, 2.75) is 12.5 Å². The summed E-state index contributed by atoms with van der Waals surface area (Å²) in [5.41, 5.74) is 6.29. The van der Waals surface area contributed by atoms with Crippen LogP contribution in [0.25, 0.3) is 0 Å². The molecule has 7 nitrogen and oxygen atoms in total. The van der Waals surface area contributed by atoms with E-state index in [0.717, 1.165) is 6.26 Å². The number of carbonyl (C=O) groups excluding carboxylic acids is 2. The van der Waals surface area contributed by atoms with Crippen LogP contribution in [0, 0.1) is 0 Å². The molecule has 0 saturated carbocycles. The van der Waals surface area contributed by atoms with E-state index in [0.29, 0.717) is 11.3 Å². The third kappa shape index (κ3) is 5.52. The second-order valence-corrected chi connectivity index (χ2v) is 6.90. The van der Waals surface area contributed by atoms with Crippen molar-refractivity contribution in [2.75, 3.05) is 24.4 Å². The van der Waals surface area contributed by atoms with E-state index >= 15 is 0 Å². The quantitative estimate of drug-likeness (QED) is 0.669. The van der Waals surface area contributed by atoms with Gasteiger partial charge in [-0.05, 0) is 18.6 Å². The zero-order valence-corrected chi connectivity index (χ0v) is 12.7. The third-order valence-corrected chi connectivity index (χ3v) is 3.77. The first-order valence-electron chi connectivity index (χ1n) is 6.30. The maximum Gasteiger partial charge on any atom is 0.253 e. The monoisotopic (exact) mass is 313 g/mol. The topological polar surface area (TPSA) is 118 Å². The smallest absolute Gasteiger partial charge is 0.253 e. The highest BCUT2D eigenvalue weighted by Gasteiger charge is 2.18. The fraction of sp³-hybridized carbons (Fsp3) is 0.385. The van der Waals surface area contributed by atoms with Crippen LogP contribution in [0.15, 0.2) is 24.3 Å². The standard InChI is InChI=1S/C13H19N3O4S/c1-15-12(17)9-5-3-4-6-11(9)16-13(18)10(14)7-8-21(2,19)20/h3-6,10H,7-8,14H2,1-2H3,(H,15,17)(H,16,18). The zero-order valence-electron chi connectivity index (χ0n) is 11.9. The molecular weight excluding hydrogens is 294 g/mol. The molecular formula is C13H19N3O4S. The Morgan fingerprint density at radius 2 is 1.90 bits per heavy atom. The molecule has 0 bridgehead atoms. The maximum atomic E-state index is 11.9. The van der Waals surface area contributed by atoms with Crippen molar-refractivity contribution >= 4 is 27.3 Å². The highest BCUT2D eigenvalue weighted by molar-refractivity contribution is 7.90. The summed E-state index contributed by atoms with van der Waals surface area (Å²) < 4.78 is 22.1. The highest BCUT2D eigenvalue weighted by Crippen LogP contribution is 2.15. The minimum absolute atomic E-state index is 0.0206. The lowest BCUT2D eigenvalue weighted by Gasteiger charge is -2.14. The molecule has 0 aliphatic carbocycles. The summed E-state index contributed by atoms with van der Waals surface area (Å²) in [5, 5.41) is 5.01. The number of sulfone groups is 1. The Morgan fingerprint density at radius 1 is 1.29 bits per heavy atom. The van der Waals surface area contributed by atoms with Crippen LogP contribution in [-0.2, 0) is 14.6 Å². The van der Waals surface area contributed by atoms with Crippen molar-refractivity contribution in [1.82, 2.24) is 5.32 Å². The third-order valence-electron chi connectivity index (χ3n) is 2.79. The average Bonchev–Trinajstić information content (AvgIpc) is 2.43. The van der Waals surface area contributed by atoms with Gasteiger partial charge < -0.3 is 16.4 Å². The summed E-state index contributed by atoms with van der Waals surface area (Å²) in [6, 6.07) is 5.52. The van der Waals surface area contributed by atoms with Crippen molar-refractivity contribution in [1.29, 1.82) is 0 Å². The van der Waals surface area contributed by atoms with Crippen LogP contribution < -0.4 is 16.4 Å². The SMILES string of the molecule is CNC(=O)c1ccccc1NC(=O)C(N)CCS(C)(=O)=O. The number of anilines is 1. The molecule has 4 N–H and O–H groups in total. The lowest BCUT2D eigenvalue weighted by atomic mass is 10.1. The minimum Gasteiger partial charge on any atom is -0.355 e. The molecule has 0 aliphatic rings. The van der Waals surface area contributed by atoms with Gasteiger partial charge in [-0.15, -0.1) is 0 Å². The van der Waals surface area contributed by atoms with E-state index in [1.165, 1.54) is 7.05 Å². The predicted molar refractivity (Wildman–Crippen MR) is 80.8 cm³/mol. The lowest BCUT2D eigenvalue weighted by Crippen LogP contribution is -2.37. The van der Waals surface area contributed by atoms with E-state index in [9.17, 15) is 18.0 Å². The fourth-order valence-corrected chi connectivity index (χ4v) is 2.30. The average molecular weight is 313 g/mol. The normalized spacial score (nSPS) is 12.5. The van der Waals surface area contributed by atoms with E-state index in [2.05, 4.69) is 10.6 Å². The Balaban J connectivity index is 2.77. The highest BCUT2D eigenvalue weighted by atomic mass is 32.2. The summed E-state index contributed by atoms with van der Waals surface area (Å²) in [7, 11) is -1.69. The van der Waals surface area contributed by atoms with Crippen molar-refractivity contribution in [3.8, 4) is 0 Å². The molecule has 1 rings (SSSR count). The second-order valence-electron chi connectivity index (χ2n) is 4.64. The molecule has 21 heavy (non-hydrogen) atoms. The van der Waals surface area contributed by atoms with Crippen LogP contribution in [0.4, 0.5) is 5.69 Å². The van der Waals surface area contributed by atoms with E-state index in [1.54, 1.807) is 24.3 Å². The van der Waals surface area contributed by atoms with Gasteiger partial charge in [0.25, 0.3) is 5.91 Å². The molecule has 0 radical (unpaired) electrons. The summed E-state index contributed by atoms with van der Waals surface area (Å²) >= 11 is 0. The van der Waals surface area contributed by atoms with Crippen LogP contribution in [0.5, 0.6) is 0 Å². The van der Waals surface area contributed by atoms with Gasteiger partial charge >= 0.3 is 0 Å². The number of para-hydroxylation sites is 1. The van der Waals surface area contributed by atoms with Gasteiger partial charge in [0, 0.05) is 13.3 Å². The number of benzene rings is 1. The molecule has 1 atom stereocenters. The van der Waals surface area contributed by atoms with E-state index in [-0.39, 0.29) is 18.1 Å². The van der Waals surface area contributed by atoms with E-state index < -0.39 is 21.8 Å². The summed E-state index contributed by atoms with van der Waals surface area (Å²) in [4.78, 5) is 23.6. The van der Waals surface area contributed by atoms with Crippen molar-refractivity contribution in [2.24, 2.45) is 5.73 Å².